The molecule has 0 radical (unpaired) electrons. The SMILES string of the molecule is COc1ccc(NCC2CCCCC2CO)c(OC)c1. The molecular formula is C16H25NO3. The molecule has 0 aliphatic heterocycles. The van der Waals surface area contributed by atoms with Crippen LogP contribution in [0.3, 0.4) is 0 Å². The fourth-order valence-corrected chi connectivity index (χ4v) is 2.98. The fourth-order valence-electron chi connectivity index (χ4n) is 2.98. The molecule has 20 heavy (non-hydrogen) atoms. The van der Waals surface area contributed by atoms with E-state index in [1.165, 1.54) is 19.3 Å². The molecule has 1 aliphatic carbocycles. The highest BCUT2D eigenvalue weighted by atomic mass is 16.5. The van der Waals surface area contributed by atoms with Crippen LogP contribution in [0.1, 0.15) is 25.7 Å². The Morgan fingerprint density at radius 2 is 1.90 bits per heavy atom. The largest absolute Gasteiger partial charge is 0.497 e. The molecule has 1 saturated carbocycles. The van der Waals surface area contributed by atoms with E-state index in [2.05, 4.69) is 5.32 Å². The van der Waals surface area contributed by atoms with Crippen LogP contribution in [0.25, 0.3) is 0 Å². The lowest BCUT2D eigenvalue weighted by Gasteiger charge is -2.30. The van der Waals surface area contributed by atoms with Crippen molar-refractivity contribution in [2.24, 2.45) is 11.8 Å². The van der Waals surface area contributed by atoms with Crippen LogP contribution in [0.5, 0.6) is 11.5 Å². The van der Waals surface area contributed by atoms with Crippen molar-refractivity contribution in [3.05, 3.63) is 18.2 Å². The average Bonchev–Trinajstić information content (AvgIpc) is 2.52. The zero-order valence-corrected chi connectivity index (χ0v) is 12.4. The van der Waals surface area contributed by atoms with Gasteiger partial charge in [-0.15, -0.1) is 0 Å². The number of hydrogen-bond donors (Lipinski definition) is 2. The molecule has 1 aromatic carbocycles. The third-order valence-electron chi connectivity index (χ3n) is 4.26. The zero-order valence-electron chi connectivity index (χ0n) is 12.4. The van der Waals surface area contributed by atoms with E-state index in [1.807, 2.05) is 18.2 Å². The van der Waals surface area contributed by atoms with Crippen molar-refractivity contribution in [3.8, 4) is 11.5 Å². The zero-order chi connectivity index (χ0) is 14.4. The van der Waals surface area contributed by atoms with Crippen molar-refractivity contribution in [1.29, 1.82) is 0 Å². The fraction of sp³-hybridized carbons (Fsp3) is 0.625. The monoisotopic (exact) mass is 279 g/mol. The van der Waals surface area contributed by atoms with Crippen LogP contribution >= 0.6 is 0 Å². The maximum atomic E-state index is 9.46. The lowest BCUT2D eigenvalue weighted by Crippen LogP contribution is -2.28. The second-order valence-corrected chi connectivity index (χ2v) is 5.43. The van der Waals surface area contributed by atoms with E-state index in [1.54, 1.807) is 14.2 Å². The Labute approximate surface area is 121 Å². The summed E-state index contributed by atoms with van der Waals surface area (Å²) in [7, 11) is 3.31. The molecule has 0 amide bonds. The van der Waals surface area contributed by atoms with Gasteiger partial charge in [-0.1, -0.05) is 12.8 Å². The number of benzene rings is 1. The van der Waals surface area contributed by atoms with Gasteiger partial charge in [-0.2, -0.15) is 0 Å². The van der Waals surface area contributed by atoms with Crippen molar-refractivity contribution in [2.75, 3.05) is 32.7 Å². The highest BCUT2D eigenvalue weighted by Gasteiger charge is 2.24. The summed E-state index contributed by atoms with van der Waals surface area (Å²) in [6, 6.07) is 5.79. The van der Waals surface area contributed by atoms with Gasteiger partial charge in [0.1, 0.15) is 11.5 Å². The van der Waals surface area contributed by atoms with Gasteiger partial charge in [0.15, 0.2) is 0 Å². The molecule has 2 unspecified atom stereocenters. The summed E-state index contributed by atoms with van der Waals surface area (Å²) >= 11 is 0. The van der Waals surface area contributed by atoms with E-state index in [9.17, 15) is 5.11 Å². The lowest BCUT2D eigenvalue weighted by atomic mass is 9.79. The van der Waals surface area contributed by atoms with Gasteiger partial charge in [-0.05, 0) is 36.8 Å². The summed E-state index contributed by atoms with van der Waals surface area (Å²) in [6.45, 7) is 1.18. The minimum Gasteiger partial charge on any atom is -0.497 e. The third kappa shape index (κ3) is 3.57. The summed E-state index contributed by atoms with van der Waals surface area (Å²) in [5.74, 6) is 2.56. The highest BCUT2D eigenvalue weighted by molar-refractivity contribution is 5.59. The van der Waals surface area contributed by atoms with Crippen molar-refractivity contribution in [3.63, 3.8) is 0 Å². The standard InChI is InChI=1S/C16H25NO3/c1-19-14-7-8-15(16(9-14)20-2)17-10-12-5-3-4-6-13(12)11-18/h7-9,12-13,17-18H,3-6,10-11H2,1-2H3. The molecule has 2 N–H and O–H groups in total. The van der Waals surface area contributed by atoms with Gasteiger partial charge in [0.25, 0.3) is 0 Å². The second kappa shape index (κ2) is 7.39. The van der Waals surface area contributed by atoms with Crippen molar-refractivity contribution >= 4 is 5.69 Å². The lowest BCUT2D eigenvalue weighted by molar-refractivity contribution is 0.141. The van der Waals surface area contributed by atoms with Crippen molar-refractivity contribution < 1.29 is 14.6 Å². The van der Waals surface area contributed by atoms with E-state index in [0.717, 1.165) is 30.2 Å². The molecule has 0 saturated heterocycles. The molecule has 4 heteroatoms. The molecular weight excluding hydrogens is 254 g/mol. The molecule has 1 aliphatic rings. The number of anilines is 1. The molecule has 112 valence electrons. The molecule has 0 bridgehead atoms. The van der Waals surface area contributed by atoms with E-state index < -0.39 is 0 Å². The van der Waals surface area contributed by atoms with E-state index >= 15 is 0 Å². The van der Waals surface area contributed by atoms with Gasteiger partial charge < -0.3 is 19.9 Å². The third-order valence-corrected chi connectivity index (χ3v) is 4.26. The first kappa shape index (κ1) is 15.0. The first-order chi connectivity index (χ1) is 9.78. The summed E-state index contributed by atoms with van der Waals surface area (Å²) in [6.07, 6.45) is 4.84. The quantitative estimate of drug-likeness (QED) is 0.840. The Morgan fingerprint density at radius 1 is 1.15 bits per heavy atom. The number of aliphatic hydroxyl groups is 1. The van der Waals surface area contributed by atoms with E-state index in [-0.39, 0.29) is 0 Å². The highest BCUT2D eigenvalue weighted by Crippen LogP contribution is 2.32. The summed E-state index contributed by atoms with van der Waals surface area (Å²) in [4.78, 5) is 0. The predicted molar refractivity (Wildman–Crippen MR) is 80.6 cm³/mol. The summed E-state index contributed by atoms with van der Waals surface area (Å²) in [5.41, 5.74) is 0.982. The number of rotatable bonds is 6. The summed E-state index contributed by atoms with van der Waals surface area (Å²) < 4.78 is 10.6. The molecule has 4 nitrogen and oxygen atoms in total. The molecule has 0 spiro atoms. The van der Waals surface area contributed by atoms with Crippen LogP contribution in [0.15, 0.2) is 18.2 Å². The Bertz CT molecular complexity index is 422. The van der Waals surface area contributed by atoms with Crippen LogP contribution in [0.4, 0.5) is 5.69 Å². The van der Waals surface area contributed by atoms with Crippen LogP contribution < -0.4 is 14.8 Å². The minimum absolute atomic E-state index is 0.298. The van der Waals surface area contributed by atoms with Gasteiger partial charge in [-0.25, -0.2) is 0 Å². The molecule has 1 aromatic rings. The molecule has 1 fully saturated rings. The maximum Gasteiger partial charge on any atom is 0.145 e. The first-order valence-electron chi connectivity index (χ1n) is 7.35. The number of ether oxygens (including phenoxy) is 2. The first-order valence-corrected chi connectivity index (χ1v) is 7.35. The minimum atomic E-state index is 0.298. The number of aliphatic hydroxyl groups excluding tert-OH is 1. The van der Waals surface area contributed by atoms with Gasteiger partial charge in [0.2, 0.25) is 0 Å². The van der Waals surface area contributed by atoms with Gasteiger partial charge in [0, 0.05) is 19.2 Å². The number of nitrogens with one attached hydrogen (secondary N) is 1. The van der Waals surface area contributed by atoms with Gasteiger partial charge in [-0.3, -0.25) is 0 Å². The van der Waals surface area contributed by atoms with Gasteiger partial charge >= 0.3 is 0 Å². The predicted octanol–water partition coefficient (Wildman–Crippen LogP) is 2.91. The normalized spacial score (nSPS) is 22.4. The number of hydrogen-bond acceptors (Lipinski definition) is 4. The smallest absolute Gasteiger partial charge is 0.145 e. The van der Waals surface area contributed by atoms with Crippen LogP contribution in [0.2, 0.25) is 0 Å². The molecule has 0 heterocycles. The molecule has 0 aromatic heterocycles. The Balaban J connectivity index is 1.99. The maximum absolute atomic E-state index is 9.46. The number of methoxy groups -OCH3 is 2. The topological polar surface area (TPSA) is 50.7 Å². The van der Waals surface area contributed by atoms with Crippen molar-refractivity contribution in [2.45, 2.75) is 25.7 Å². The molecule has 2 rings (SSSR count). The van der Waals surface area contributed by atoms with Gasteiger partial charge in [0.05, 0.1) is 19.9 Å². The Morgan fingerprint density at radius 3 is 2.55 bits per heavy atom. The van der Waals surface area contributed by atoms with Crippen molar-refractivity contribution in [1.82, 2.24) is 0 Å². The van der Waals surface area contributed by atoms with E-state index in [0.29, 0.717) is 18.4 Å². The van der Waals surface area contributed by atoms with Crippen LogP contribution in [-0.4, -0.2) is 32.5 Å². The van der Waals surface area contributed by atoms with Crippen LogP contribution in [-0.2, 0) is 0 Å². The van der Waals surface area contributed by atoms with E-state index in [4.69, 9.17) is 9.47 Å². The second-order valence-electron chi connectivity index (χ2n) is 5.43. The average molecular weight is 279 g/mol. The molecule has 2 atom stereocenters. The Kier molecular flexibility index (Phi) is 5.53. The van der Waals surface area contributed by atoms with Crippen LogP contribution in [0, 0.1) is 11.8 Å². The summed E-state index contributed by atoms with van der Waals surface area (Å²) in [5, 5.41) is 12.9. The Hall–Kier alpha value is -1.42.